The quantitative estimate of drug-likeness (QED) is 0.773. The normalized spacial score (nSPS) is 13.3. The van der Waals surface area contributed by atoms with Gasteiger partial charge >= 0.3 is 7.60 Å². The van der Waals surface area contributed by atoms with E-state index in [-0.39, 0.29) is 0 Å². The second-order valence-corrected chi connectivity index (χ2v) is 5.75. The maximum atomic E-state index is 12.5. The lowest BCUT2D eigenvalue weighted by atomic mass is 10.2. The molecule has 0 amide bonds. The van der Waals surface area contributed by atoms with E-state index in [2.05, 4.69) is 0 Å². The van der Waals surface area contributed by atoms with Crippen LogP contribution in [0.1, 0.15) is 25.2 Å². The van der Waals surface area contributed by atoms with Crippen LogP contribution in [-0.2, 0) is 13.6 Å². The molecule has 2 N–H and O–H groups in total. The van der Waals surface area contributed by atoms with Crippen molar-refractivity contribution in [2.24, 2.45) is 5.73 Å². The first-order valence-corrected chi connectivity index (χ1v) is 7.47. The fourth-order valence-electron chi connectivity index (χ4n) is 1.54. The summed E-state index contributed by atoms with van der Waals surface area (Å²) in [6.07, 6.45) is 0. The predicted octanol–water partition coefficient (Wildman–Crippen LogP) is 2.92. The molecule has 6 heteroatoms. The molecule has 1 aromatic rings. The van der Waals surface area contributed by atoms with E-state index < -0.39 is 13.4 Å². The molecule has 0 saturated carbocycles. The number of hydrogen-bond acceptors (Lipinski definition) is 5. The van der Waals surface area contributed by atoms with Crippen molar-refractivity contribution < 1.29 is 18.3 Å². The van der Waals surface area contributed by atoms with Crippen molar-refractivity contribution >= 4 is 7.60 Å². The first-order chi connectivity index (χ1) is 8.57. The molecule has 0 aromatic heterocycles. The average Bonchev–Trinajstić information content (AvgIpc) is 2.38. The molecule has 0 spiro atoms. The minimum absolute atomic E-state index is 0.293. The van der Waals surface area contributed by atoms with E-state index in [1.807, 2.05) is 0 Å². The van der Waals surface area contributed by atoms with Crippen LogP contribution in [0.2, 0.25) is 0 Å². The van der Waals surface area contributed by atoms with Crippen molar-refractivity contribution in [1.29, 1.82) is 0 Å². The van der Waals surface area contributed by atoms with E-state index in [9.17, 15) is 4.57 Å². The van der Waals surface area contributed by atoms with Crippen LogP contribution in [0, 0.1) is 0 Å². The van der Waals surface area contributed by atoms with Gasteiger partial charge in [-0.2, -0.15) is 0 Å². The summed E-state index contributed by atoms with van der Waals surface area (Å²) in [5.74, 6) is -0.0723. The van der Waals surface area contributed by atoms with Crippen LogP contribution in [0.3, 0.4) is 0 Å². The zero-order chi connectivity index (χ0) is 13.6. The number of hydrogen-bond donors (Lipinski definition) is 1. The summed E-state index contributed by atoms with van der Waals surface area (Å²) in [6.45, 7) is 4.10. The van der Waals surface area contributed by atoms with Crippen LogP contribution in [0.4, 0.5) is 0 Å². The maximum absolute atomic E-state index is 12.5. The fraction of sp³-hybridized carbons (Fsp3) is 0.500. The zero-order valence-corrected chi connectivity index (χ0v) is 11.9. The Morgan fingerprint density at radius 1 is 1.17 bits per heavy atom. The molecular weight excluding hydrogens is 253 g/mol. The van der Waals surface area contributed by atoms with E-state index in [4.69, 9.17) is 19.5 Å². The molecule has 0 aliphatic rings. The summed E-state index contributed by atoms with van der Waals surface area (Å²) in [5, 5.41) is 0. The third kappa shape index (κ3) is 3.56. The number of methoxy groups -OCH3 is 1. The third-order valence-corrected chi connectivity index (χ3v) is 4.63. The Morgan fingerprint density at radius 3 is 2.06 bits per heavy atom. The highest BCUT2D eigenvalue weighted by Gasteiger charge is 2.33. The van der Waals surface area contributed by atoms with Gasteiger partial charge < -0.3 is 19.5 Å². The van der Waals surface area contributed by atoms with Crippen molar-refractivity contribution in [3.05, 3.63) is 29.8 Å². The van der Waals surface area contributed by atoms with Crippen LogP contribution in [0.5, 0.6) is 5.75 Å². The van der Waals surface area contributed by atoms with Gasteiger partial charge in [-0.25, -0.2) is 0 Å². The monoisotopic (exact) mass is 273 g/mol. The molecule has 0 fully saturated rings. The second-order valence-electron chi connectivity index (χ2n) is 3.59. The van der Waals surface area contributed by atoms with Gasteiger partial charge in [0, 0.05) is 0 Å². The smallest absolute Gasteiger partial charge is 0.351 e. The Bertz CT molecular complexity index is 397. The van der Waals surface area contributed by atoms with Gasteiger partial charge in [0.15, 0.2) is 0 Å². The van der Waals surface area contributed by atoms with Crippen molar-refractivity contribution in [3.8, 4) is 5.75 Å². The lowest BCUT2D eigenvalue weighted by Gasteiger charge is -2.23. The van der Waals surface area contributed by atoms with Crippen molar-refractivity contribution in [2.45, 2.75) is 19.6 Å². The number of ether oxygens (including phenoxy) is 1. The van der Waals surface area contributed by atoms with Gasteiger partial charge in [0.05, 0.1) is 20.3 Å². The Balaban J connectivity index is 2.94. The van der Waals surface area contributed by atoms with Gasteiger partial charge in [-0.1, -0.05) is 12.1 Å². The summed E-state index contributed by atoms with van der Waals surface area (Å²) in [6, 6.07) is 7.04. The summed E-state index contributed by atoms with van der Waals surface area (Å²) in [5.41, 5.74) is 6.68. The highest BCUT2D eigenvalue weighted by Crippen LogP contribution is 2.58. The molecule has 0 saturated heterocycles. The SMILES string of the molecule is CCOP(=O)(OCC)C(N)c1ccc(OC)cc1. The van der Waals surface area contributed by atoms with Crippen LogP contribution in [0.15, 0.2) is 24.3 Å². The van der Waals surface area contributed by atoms with Gasteiger partial charge in [-0.3, -0.25) is 4.57 Å². The molecule has 1 aromatic carbocycles. The van der Waals surface area contributed by atoms with Gasteiger partial charge in [0.25, 0.3) is 0 Å². The minimum Gasteiger partial charge on any atom is -0.497 e. The van der Waals surface area contributed by atoms with Crippen molar-refractivity contribution in [1.82, 2.24) is 0 Å². The molecule has 18 heavy (non-hydrogen) atoms. The first-order valence-electron chi connectivity index (χ1n) is 5.85. The Morgan fingerprint density at radius 2 is 1.67 bits per heavy atom. The van der Waals surface area contributed by atoms with Crippen LogP contribution in [0.25, 0.3) is 0 Å². The molecule has 1 atom stereocenters. The van der Waals surface area contributed by atoms with E-state index in [0.29, 0.717) is 24.5 Å². The molecule has 1 rings (SSSR count). The highest BCUT2D eigenvalue weighted by molar-refractivity contribution is 7.54. The van der Waals surface area contributed by atoms with Gasteiger partial charge in [-0.05, 0) is 31.5 Å². The summed E-state index contributed by atoms with van der Waals surface area (Å²) in [7, 11) is -1.74. The standard InChI is InChI=1S/C12H20NO4P/c1-4-16-18(14,17-5-2)12(13)10-6-8-11(15-3)9-7-10/h6-9,12H,4-5,13H2,1-3H3. The lowest BCUT2D eigenvalue weighted by molar-refractivity contribution is 0.212. The number of benzene rings is 1. The Labute approximate surface area is 108 Å². The van der Waals surface area contributed by atoms with Gasteiger partial charge in [0.2, 0.25) is 0 Å². The van der Waals surface area contributed by atoms with Crippen molar-refractivity contribution in [2.75, 3.05) is 20.3 Å². The fourth-order valence-corrected chi connectivity index (χ4v) is 3.19. The molecule has 0 aliphatic heterocycles. The number of nitrogens with two attached hydrogens (primary N) is 1. The van der Waals surface area contributed by atoms with Gasteiger partial charge in [-0.15, -0.1) is 0 Å². The van der Waals surface area contributed by atoms with E-state index >= 15 is 0 Å². The third-order valence-electron chi connectivity index (χ3n) is 2.42. The topological polar surface area (TPSA) is 70.8 Å². The second kappa shape index (κ2) is 6.90. The molecule has 0 aliphatic carbocycles. The highest BCUT2D eigenvalue weighted by atomic mass is 31.2. The summed E-state index contributed by atoms with van der Waals surface area (Å²) >= 11 is 0. The lowest BCUT2D eigenvalue weighted by Crippen LogP contribution is -2.14. The summed E-state index contributed by atoms with van der Waals surface area (Å²) in [4.78, 5) is 0. The van der Waals surface area contributed by atoms with Crippen LogP contribution in [-0.4, -0.2) is 20.3 Å². The molecule has 0 heterocycles. The largest absolute Gasteiger partial charge is 0.497 e. The average molecular weight is 273 g/mol. The summed E-state index contributed by atoms with van der Waals surface area (Å²) < 4.78 is 28.0. The predicted molar refractivity (Wildman–Crippen MR) is 70.8 cm³/mol. The first kappa shape index (κ1) is 15.2. The molecule has 0 radical (unpaired) electrons. The molecule has 102 valence electrons. The maximum Gasteiger partial charge on any atom is 0.351 e. The molecule has 1 unspecified atom stereocenters. The number of rotatable bonds is 7. The van der Waals surface area contributed by atoms with Crippen LogP contribution >= 0.6 is 7.60 Å². The zero-order valence-electron chi connectivity index (χ0n) is 11.0. The molecular formula is C12H20NO4P. The van der Waals surface area contributed by atoms with E-state index in [0.717, 1.165) is 0 Å². The minimum atomic E-state index is -3.32. The molecule has 0 bridgehead atoms. The van der Waals surface area contributed by atoms with Crippen LogP contribution < -0.4 is 10.5 Å². The van der Waals surface area contributed by atoms with E-state index in [1.54, 1.807) is 45.2 Å². The van der Waals surface area contributed by atoms with E-state index in [1.165, 1.54) is 0 Å². The Kier molecular flexibility index (Phi) is 5.82. The molecule has 5 nitrogen and oxygen atoms in total. The van der Waals surface area contributed by atoms with Gasteiger partial charge in [0.1, 0.15) is 11.5 Å². The Hall–Kier alpha value is -0.870. The van der Waals surface area contributed by atoms with Crippen molar-refractivity contribution in [3.63, 3.8) is 0 Å².